The van der Waals surface area contributed by atoms with Gasteiger partial charge < -0.3 is 0 Å². The Morgan fingerprint density at radius 2 is 2.00 bits per heavy atom. The van der Waals surface area contributed by atoms with Gasteiger partial charge in [0, 0.05) is 19.2 Å². The van der Waals surface area contributed by atoms with Gasteiger partial charge in [0.1, 0.15) is 17.2 Å². The first-order valence-corrected chi connectivity index (χ1v) is 6.05. The van der Waals surface area contributed by atoms with Crippen LogP contribution in [0, 0.1) is 11.6 Å². The largest absolute Gasteiger partial charge is 0.296 e. The first kappa shape index (κ1) is 12.8. The lowest BCUT2D eigenvalue weighted by molar-refractivity contribution is 0.574. The normalized spacial score (nSPS) is 11.2. The van der Waals surface area contributed by atoms with Crippen molar-refractivity contribution < 1.29 is 8.78 Å². The molecule has 3 rings (SSSR count). The number of hydrogen-bond acceptors (Lipinski definition) is 2. The van der Waals surface area contributed by atoms with Crippen LogP contribution in [0.25, 0.3) is 16.7 Å². The topological polar surface area (TPSA) is 39.8 Å². The van der Waals surface area contributed by atoms with Crippen molar-refractivity contribution in [3.63, 3.8) is 0 Å². The molecule has 0 radical (unpaired) electrons. The molecule has 20 heavy (non-hydrogen) atoms. The SMILES string of the molecule is Cn1c(=O)cc(Cl)c2cnn(-c3ccc(F)cc3F)c21. The molecule has 2 heterocycles. The van der Waals surface area contributed by atoms with Gasteiger partial charge in [0.2, 0.25) is 0 Å². The Hall–Kier alpha value is -2.21. The third-order valence-electron chi connectivity index (χ3n) is 3.04. The van der Waals surface area contributed by atoms with Crippen LogP contribution in [0.1, 0.15) is 0 Å². The van der Waals surface area contributed by atoms with Gasteiger partial charge in [-0.1, -0.05) is 11.6 Å². The van der Waals surface area contributed by atoms with Gasteiger partial charge in [-0.2, -0.15) is 5.10 Å². The molecule has 0 aliphatic heterocycles. The zero-order valence-corrected chi connectivity index (χ0v) is 11.0. The first-order valence-electron chi connectivity index (χ1n) is 5.67. The van der Waals surface area contributed by atoms with E-state index in [4.69, 9.17) is 11.6 Å². The summed E-state index contributed by atoms with van der Waals surface area (Å²) in [6.45, 7) is 0. The average molecular weight is 296 g/mol. The highest BCUT2D eigenvalue weighted by Crippen LogP contribution is 2.24. The number of fused-ring (bicyclic) bond motifs is 1. The van der Waals surface area contributed by atoms with Gasteiger partial charge in [-0.15, -0.1) is 0 Å². The maximum Gasteiger partial charge on any atom is 0.253 e. The van der Waals surface area contributed by atoms with E-state index in [9.17, 15) is 13.6 Å². The minimum absolute atomic E-state index is 0.0404. The van der Waals surface area contributed by atoms with Crippen LogP contribution in [0.15, 0.2) is 35.3 Å². The number of nitrogens with zero attached hydrogens (tertiary/aromatic N) is 3. The molecule has 0 spiro atoms. The smallest absolute Gasteiger partial charge is 0.253 e. The number of pyridine rings is 1. The van der Waals surface area contributed by atoms with E-state index >= 15 is 0 Å². The second-order valence-corrected chi connectivity index (χ2v) is 4.69. The van der Waals surface area contributed by atoms with Gasteiger partial charge in [0.25, 0.3) is 5.56 Å². The molecule has 4 nitrogen and oxygen atoms in total. The number of halogens is 3. The summed E-state index contributed by atoms with van der Waals surface area (Å²) in [5, 5.41) is 4.77. The third kappa shape index (κ3) is 1.80. The molecule has 0 aliphatic rings. The number of benzene rings is 1. The van der Waals surface area contributed by atoms with Crippen LogP contribution >= 0.6 is 11.6 Å². The van der Waals surface area contributed by atoms with Crippen molar-refractivity contribution in [1.82, 2.24) is 14.3 Å². The maximum absolute atomic E-state index is 13.9. The Balaban J connectivity index is 2.41. The van der Waals surface area contributed by atoms with Crippen LogP contribution in [-0.4, -0.2) is 14.3 Å². The Labute approximate surface area is 116 Å². The highest BCUT2D eigenvalue weighted by atomic mass is 35.5. The molecule has 0 saturated carbocycles. The van der Waals surface area contributed by atoms with E-state index in [1.807, 2.05) is 0 Å². The van der Waals surface area contributed by atoms with E-state index < -0.39 is 11.6 Å². The Morgan fingerprint density at radius 3 is 2.70 bits per heavy atom. The maximum atomic E-state index is 13.9. The van der Waals surface area contributed by atoms with Crippen molar-refractivity contribution in [2.75, 3.05) is 0 Å². The summed E-state index contributed by atoms with van der Waals surface area (Å²) in [7, 11) is 1.53. The minimum atomic E-state index is -0.776. The molecule has 0 saturated heterocycles. The number of hydrogen-bond donors (Lipinski definition) is 0. The van der Waals surface area contributed by atoms with E-state index in [2.05, 4.69) is 5.10 Å². The second-order valence-electron chi connectivity index (χ2n) is 4.28. The quantitative estimate of drug-likeness (QED) is 0.692. The molecular formula is C13H8ClF2N3O. The zero-order chi connectivity index (χ0) is 14.4. The van der Waals surface area contributed by atoms with Crippen LogP contribution < -0.4 is 5.56 Å². The van der Waals surface area contributed by atoms with Gasteiger partial charge in [-0.25, -0.2) is 13.5 Å². The number of rotatable bonds is 1. The Bertz CT molecular complexity index is 885. The Morgan fingerprint density at radius 1 is 1.25 bits per heavy atom. The van der Waals surface area contributed by atoms with Gasteiger partial charge in [0.05, 0.1) is 16.6 Å². The summed E-state index contributed by atoms with van der Waals surface area (Å²) in [5.41, 5.74) is 0.0402. The summed E-state index contributed by atoms with van der Waals surface area (Å²) < 4.78 is 29.3. The summed E-state index contributed by atoms with van der Waals surface area (Å²) >= 11 is 5.98. The van der Waals surface area contributed by atoms with Crippen LogP contribution in [0.4, 0.5) is 8.78 Å². The van der Waals surface area contributed by atoms with Crippen LogP contribution in [0.2, 0.25) is 5.02 Å². The molecule has 0 fully saturated rings. The van der Waals surface area contributed by atoms with Crippen molar-refractivity contribution in [2.45, 2.75) is 0 Å². The minimum Gasteiger partial charge on any atom is -0.296 e. The first-order chi connectivity index (χ1) is 9.49. The monoisotopic (exact) mass is 295 g/mol. The fourth-order valence-electron chi connectivity index (χ4n) is 2.05. The van der Waals surface area contributed by atoms with Crippen LogP contribution in [0.3, 0.4) is 0 Å². The van der Waals surface area contributed by atoms with Crippen LogP contribution in [-0.2, 0) is 7.05 Å². The van der Waals surface area contributed by atoms with Crippen molar-refractivity contribution in [3.05, 3.63) is 57.5 Å². The number of aromatic nitrogens is 3. The lowest BCUT2D eigenvalue weighted by Crippen LogP contribution is -2.18. The van der Waals surface area contributed by atoms with Crippen molar-refractivity contribution in [1.29, 1.82) is 0 Å². The zero-order valence-electron chi connectivity index (χ0n) is 10.3. The van der Waals surface area contributed by atoms with Gasteiger partial charge in [-0.3, -0.25) is 9.36 Å². The van der Waals surface area contributed by atoms with Gasteiger partial charge >= 0.3 is 0 Å². The molecule has 3 aromatic rings. The molecule has 0 atom stereocenters. The van der Waals surface area contributed by atoms with Gasteiger partial charge in [0.15, 0.2) is 5.82 Å². The van der Waals surface area contributed by atoms with Crippen LogP contribution in [0.5, 0.6) is 0 Å². The lowest BCUT2D eigenvalue weighted by Gasteiger charge is -2.08. The van der Waals surface area contributed by atoms with E-state index in [1.165, 1.54) is 34.6 Å². The molecular weight excluding hydrogens is 288 g/mol. The molecule has 0 unspecified atom stereocenters. The van der Waals surface area contributed by atoms with Crippen molar-refractivity contribution >= 4 is 22.6 Å². The molecule has 0 bridgehead atoms. The number of aryl methyl sites for hydroxylation is 1. The average Bonchev–Trinajstić information content (AvgIpc) is 2.81. The highest BCUT2D eigenvalue weighted by Gasteiger charge is 2.15. The molecule has 7 heteroatoms. The van der Waals surface area contributed by atoms with E-state index in [-0.39, 0.29) is 16.3 Å². The van der Waals surface area contributed by atoms with E-state index in [0.717, 1.165) is 12.1 Å². The van der Waals surface area contributed by atoms with E-state index in [1.54, 1.807) is 0 Å². The molecule has 2 aromatic heterocycles. The molecule has 0 aliphatic carbocycles. The second kappa shape index (κ2) is 4.42. The molecule has 0 N–H and O–H groups in total. The van der Waals surface area contributed by atoms with E-state index in [0.29, 0.717) is 11.0 Å². The summed E-state index contributed by atoms with van der Waals surface area (Å²) in [6.07, 6.45) is 1.43. The summed E-state index contributed by atoms with van der Waals surface area (Å²) in [4.78, 5) is 11.8. The molecule has 102 valence electrons. The third-order valence-corrected chi connectivity index (χ3v) is 3.35. The van der Waals surface area contributed by atoms with Crippen molar-refractivity contribution in [2.24, 2.45) is 7.05 Å². The predicted octanol–water partition coefficient (Wildman–Crippen LogP) is 2.66. The Kier molecular flexibility index (Phi) is 2.83. The standard InChI is InChI=1S/C13H8ClF2N3O/c1-18-12(20)5-9(14)8-6-17-19(13(8)18)11-3-2-7(15)4-10(11)16/h2-6H,1H3. The predicted molar refractivity (Wildman–Crippen MR) is 71.2 cm³/mol. The summed E-state index contributed by atoms with van der Waals surface area (Å²) in [5.74, 6) is -1.46. The van der Waals surface area contributed by atoms with Gasteiger partial charge in [-0.05, 0) is 12.1 Å². The fourth-order valence-corrected chi connectivity index (χ4v) is 2.28. The molecule has 1 aromatic carbocycles. The lowest BCUT2D eigenvalue weighted by atomic mass is 10.3. The fraction of sp³-hybridized carbons (Fsp3) is 0.0769. The summed E-state index contributed by atoms with van der Waals surface area (Å²) in [6, 6.07) is 4.39. The molecule has 0 amide bonds. The van der Waals surface area contributed by atoms with Crippen molar-refractivity contribution in [3.8, 4) is 5.69 Å². The highest BCUT2D eigenvalue weighted by molar-refractivity contribution is 6.35.